The van der Waals surface area contributed by atoms with E-state index in [9.17, 15) is 26.4 Å². The molecule has 1 N–H and O–H groups in total. The highest BCUT2D eigenvalue weighted by Crippen LogP contribution is 2.31. The number of halogens is 3. The summed E-state index contributed by atoms with van der Waals surface area (Å²) in [6.07, 6.45) is 2.85. The number of nitrogens with one attached hydrogen (secondary N) is 1. The Kier molecular flexibility index (Phi) is 9.82. The molecule has 3 aromatic rings. The minimum Gasteiger partial charge on any atom is -0.392 e. The summed E-state index contributed by atoms with van der Waals surface area (Å²) in [7, 11) is -3.68. The second kappa shape index (κ2) is 13.3. The monoisotopic (exact) mass is 587 g/mol. The minimum atomic E-state index is -3.68. The van der Waals surface area contributed by atoms with Crippen LogP contribution in [0, 0.1) is 11.6 Å². The minimum absolute atomic E-state index is 0.0520. The van der Waals surface area contributed by atoms with Gasteiger partial charge in [0.25, 0.3) is 0 Å². The molecule has 0 atom stereocenters. The van der Waals surface area contributed by atoms with E-state index in [1.54, 1.807) is 12.1 Å². The lowest BCUT2D eigenvalue weighted by Gasteiger charge is -2.32. The van der Waals surface area contributed by atoms with Crippen molar-refractivity contribution in [1.82, 2.24) is 4.90 Å². The van der Waals surface area contributed by atoms with Gasteiger partial charge in [0.2, 0.25) is 5.91 Å². The molecular formula is C30H32F3N3O4S. The number of anilines is 1. The van der Waals surface area contributed by atoms with Crippen molar-refractivity contribution in [3.05, 3.63) is 94.6 Å². The zero-order valence-electron chi connectivity index (χ0n) is 22.9. The maximum absolute atomic E-state index is 14.0. The second-order valence-electron chi connectivity index (χ2n) is 10.0. The summed E-state index contributed by atoms with van der Waals surface area (Å²) in [5, 5.41) is 6.73. The molecule has 0 aromatic heterocycles. The molecule has 0 spiro atoms. The highest BCUT2D eigenvalue weighted by molar-refractivity contribution is 7.90. The Morgan fingerprint density at radius 3 is 2.39 bits per heavy atom. The van der Waals surface area contributed by atoms with Crippen molar-refractivity contribution in [2.24, 2.45) is 5.16 Å². The predicted molar refractivity (Wildman–Crippen MR) is 151 cm³/mol. The standard InChI is InChI=1S/C30H32F3N3O4S/c1-20(37)34-26-5-3-4-22(16-26)21-10-13-36(14-11-21)19-25-7-6-24(18-29(25)41(2,38)39)30(35-40-15-12-31)23-8-9-27(32)28(33)17-23/h3-9,16-18,21H,10-15,19H2,1-2H3,(H,34,37). The van der Waals surface area contributed by atoms with Crippen molar-refractivity contribution < 1.29 is 31.2 Å². The summed E-state index contributed by atoms with van der Waals surface area (Å²) < 4.78 is 65.9. The zero-order chi connectivity index (χ0) is 29.6. The SMILES string of the molecule is CC(=O)Nc1cccc(C2CCN(Cc3ccc(C(=NOCCF)c4ccc(F)c(F)c4)cc3S(C)(=O)=O)CC2)c1. The first-order chi connectivity index (χ1) is 19.5. The number of likely N-dealkylation sites (tertiary alicyclic amines) is 1. The van der Waals surface area contributed by atoms with Gasteiger partial charge in [0.1, 0.15) is 19.0 Å². The molecule has 3 aromatic carbocycles. The third-order valence-electron chi connectivity index (χ3n) is 6.92. The van der Waals surface area contributed by atoms with Gasteiger partial charge in [-0.3, -0.25) is 9.69 Å². The lowest BCUT2D eigenvalue weighted by atomic mass is 9.89. The summed E-state index contributed by atoms with van der Waals surface area (Å²) in [5.41, 5.74) is 3.01. The highest BCUT2D eigenvalue weighted by atomic mass is 32.2. The molecule has 1 saturated heterocycles. The smallest absolute Gasteiger partial charge is 0.221 e. The van der Waals surface area contributed by atoms with Crippen LogP contribution in [-0.2, 0) is 26.0 Å². The third kappa shape index (κ3) is 7.95. The van der Waals surface area contributed by atoms with E-state index in [2.05, 4.69) is 21.4 Å². The summed E-state index contributed by atoms with van der Waals surface area (Å²) in [6.45, 7) is 2.21. The van der Waals surface area contributed by atoms with Crippen LogP contribution >= 0.6 is 0 Å². The molecule has 1 aliphatic heterocycles. The van der Waals surface area contributed by atoms with E-state index >= 15 is 0 Å². The quantitative estimate of drug-likeness (QED) is 0.194. The Labute approximate surface area is 237 Å². The summed E-state index contributed by atoms with van der Waals surface area (Å²) >= 11 is 0. The molecule has 0 bridgehead atoms. The lowest BCUT2D eigenvalue weighted by Crippen LogP contribution is -2.33. The van der Waals surface area contributed by atoms with E-state index in [0.29, 0.717) is 23.6 Å². The van der Waals surface area contributed by atoms with Crippen molar-refractivity contribution in [1.29, 1.82) is 0 Å². The summed E-state index contributed by atoms with van der Waals surface area (Å²) in [5.74, 6) is -1.96. The van der Waals surface area contributed by atoms with Crippen LogP contribution in [0.4, 0.5) is 18.9 Å². The number of hydrogen-bond acceptors (Lipinski definition) is 6. The first-order valence-electron chi connectivity index (χ1n) is 13.2. The largest absolute Gasteiger partial charge is 0.392 e. The van der Waals surface area contributed by atoms with Gasteiger partial charge in [0.15, 0.2) is 21.5 Å². The Morgan fingerprint density at radius 2 is 1.73 bits per heavy atom. The zero-order valence-corrected chi connectivity index (χ0v) is 23.7. The first kappa shape index (κ1) is 30.3. The third-order valence-corrected chi connectivity index (χ3v) is 8.10. The van der Waals surface area contributed by atoms with Gasteiger partial charge in [-0.2, -0.15) is 0 Å². The Hall–Kier alpha value is -3.70. The van der Waals surface area contributed by atoms with Gasteiger partial charge in [-0.25, -0.2) is 21.6 Å². The molecule has 7 nitrogen and oxygen atoms in total. The fraction of sp³-hybridized carbons (Fsp3) is 0.333. The molecule has 1 heterocycles. The molecule has 1 fully saturated rings. The maximum Gasteiger partial charge on any atom is 0.221 e. The van der Waals surface area contributed by atoms with Crippen molar-refractivity contribution >= 4 is 27.1 Å². The van der Waals surface area contributed by atoms with Gasteiger partial charge in [-0.1, -0.05) is 29.4 Å². The van der Waals surface area contributed by atoms with E-state index in [1.165, 1.54) is 19.1 Å². The molecule has 0 radical (unpaired) electrons. The molecule has 11 heteroatoms. The van der Waals surface area contributed by atoms with Gasteiger partial charge < -0.3 is 10.2 Å². The number of amides is 1. The first-order valence-corrected chi connectivity index (χ1v) is 15.1. The predicted octanol–water partition coefficient (Wildman–Crippen LogP) is 5.44. The van der Waals surface area contributed by atoms with Gasteiger partial charge >= 0.3 is 0 Å². The molecule has 0 unspecified atom stereocenters. The average Bonchev–Trinajstić information content (AvgIpc) is 2.93. The number of alkyl halides is 1. The number of rotatable bonds is 10. The number of nitrogens with zero attached hydrogens (tertiary/aromatic N) is 2. The number of sulfone groups is 1. The number of hydrogen-bond donors (Lipinski definition) is 1. The van der Waals surface area contributed by atoms with Crippen LogP contribution in [0.25, 0.3) is 0 Å². The van der Waals surface area contributed by atoms with Crippen molar-refractivity contribution in [2.75, 3.05) is 37.9 Å². The molecular weight excluding hydrogens is 555 g/mol. The van der Waals surface area contributed by atoms with Gasteiger partial charge in [-0.15, -0.1) is 0 Å². The number of benzene rings is 3. The maximum atomic E-state index is 14.0. The van der Waals surface area contributed by atoms with Crippen LogP contribution in [0.1, 0.15) is 47.9 Å². The highest BCUT2D eigenvalue weighted by Gasteiger charge is 2.24. The van der Waals surface area contributed by atoms with Crippen molar-refractivity contribution in [2.45, 2.75) is 37.1 Å². The number of carbonyl (C=O) groups excluding carboxylic acids is 1. The molecule has 0 aliphatic carbocycles. The van der Waals surface area contributed by atoms with E-state index < -0.39 is 28.1 Å². The second-order valence-corrected chi connectivity index (χ2v) is 12.0. The van der Waals surface area contributed by atoms with Crippen LogP contribution in [0.5, 0.6) is 0 Å². The van der Waals surface area contributed by atoms with Crippen LogP contribution in [0.3, 0.4) is 0 Å². The normalized spacial score (nSPS) is 15.1. The van der Waals surface area contributed by atoms with Crippen LogP contribution in [0.2, 0.25) is 0 Å². The molecule has 1 amide bonds. The fourth-order valence-electron chi connectivity index (χ4n) is 4.98. The van der Waals surface area contributed by atoms with Gasteiger partial charge in [0, 0.05) is 36.5 Å². The molecule has 4 rings (SSSR count). The number of carbonyl (C=O) groups is 1. The van der Waals surface area contributed by atoms with Crippen LogP contribution in [-0.4, -0.2) is 57.6 Å². The van der Waals surface area contributed by atoms with Crippen molar-refractivity contribution in [3.63, 3.8) is 0 Å². The van der Waals surface area contributed by atoms with Gasteiger partial charge in [-0.05, 0) is 79.4 Å². The van der Waals surface area contributed by atoms with E-state index in [0.717, 1.165) is 55.6 Å². The summed E-state index contributed by atoms with van der Waals surface area (Å²) in [6, 6.07) is 15.7. The number of piperidine rings is 1. The molecule has 1 aliphatic rings. The molecule has 218 valence electrons. The topological polar surface area (TPSA) is 88.1 Å². The van der Waals surface area contributed by atoms with E-state index in [4.69, 9.17) is 4.84 Å². The van der Waals surface area contributed by atoms with Crippen LogP contribution < -0.4 is 5.32 Å². The van der Waals surface area contributed by atoms with E-state index in [-0.39, 0.29) is 28.7 Å². The van der Waals surface area contributed by atoms with E-state index in [1.807, 2.05) is 18.2 Å². The summed E-state index contributed by atoms with van der Waals surface area (Å²) in [4.78, 5) is 18.7. The Balaban J connectivity index is 1.55. The van der Waals surface area contributed by atoms with Crippen LogP contribution in [0.15, 0.2) is 70.7 Å². The van der Waals surface area contributed by atoms with Gasteiger partial charge in [0.05, 0.1) is 4.90 Å². The number of oxime groups is 1. The lowest BCUT2D eigenvalue weighted by molar-refractivity contribution is -0.114. The fourth-order valence-corrected chi connectivity index (χ4v) is 5.93. The average molecular weight is 588 g/mol. The Morgan fingerprint density at radius 1 is 1.02 bits per heavy atom. The molecule has 0 saturated carbocycles. The Bertz CT molecular complexity index is 1540. The van der Waals surface area contributed by atoms with Crippen molar-refractivity contribution in [3.8, 4) is 0 Å². The molecule has 41 heavy (non-hydrogen) atoms.